The molecule has 2 atom stereocenters. The molecule has 2 aromatic carbocycles. The van der Waals surface area contributed by atoms with Crippen LogP contribution in [0.4, 0.5) is 5.69 Å². The molecule has 0 fully saturated rings. The zero-order valence-corrected chi connectivity index (χ0v) is 15.2. The maximum atomic E-state index is 12.3. The fraction of sp³-hybridized carbons (Fsp3) is 0.300. The van der Waals surface area contributed by atoms with Crippen LogP contribution in [0.15, 0.2) is 53.3 Å². The third kappa shape index (κ3) is 3.72. The van der Waals surface area contributed by atoms with E-state index in [9.17, 15) is 4.79 Å². The minimum Gasteiger partial charge on any atom is -0.378 e. The van der Waals surface area contributed by atoms with Crippen molar-refractivity contribution in [1.82, 2.24) is 9.97 Å². The fourth-order valence-corrected chi connectivity index (χ4v) is 2.93. The normalized spacial score (nSPS) is 13.6. The van der Waals surface area contributed by atoms with E-state index in [1.165, 1.54) is 16.2 Å². The maximum absolute atomic E-state index is 12.3. The number of hydrogen-bond acceptors (Lipinski definition) is 3. The van der Waals surface area contributed by atoms with E-state index in [4.69, 9.17) is 0 Å². The summed E-state index contributed by atoms with van der Waals surface area (Å²) in [6, 6.07) is 16.1. The van der Waals surface area contributed by atoms with E-state index in [1.54, 1.807) is 6.07 Å². The highest BCUT2D eigenvalue weighted by molar-refractivity contribution is 5.77. The van der Waals surface area contributed by atoms with Crippen molar-refractivity contribution in [3.8, 4) is 0 Å². The van der Waals surface area contributed by atoms with Crippen LogP contribution in [0.2, 0.25) is 0 Å². The summed E-state index contributed by atoms with van der Waals surface area (Å²) in [6.07, 6.45) is 0. The van der Waals surface area contributed by atoms with Gasteiger partial charge in [0.1, 0.15) is 12.6 Å². The second kappa shape index (κ2) is 7.07. The summed E-state index contributed by atoms with van der Waals surface area (Å²) in [7, 11) is 6.20. The predicted molar refractivity (Wildman–Crippen MR) is 102 cm³/mol. The predicted octanol–water partition coefficient (Wildman–Crippen LogP) is 1.76. The molecule has 1 heterocycles. The van der Waals surface area contributed by atoms with Gasteiger partial charge in [-0.05, 0) is 31.2 Å². The van der Waals surface area contributed by atoms with Crippen LogP contribution in [0.5, 0.6) is 0 Å². The highest BCUT2D eigenvalue weighted by Gasteiger charge is 2.19. The van der Waals surface area contributed by atoms with Gasteiger partial charge < -0.3 is 14.8 Å². The van der Waals surface area contributed by atoms with Crippen molar-refractivity contribution in [2.45, 2.75) is 19.5 Å². The lowest BCUT2D eigenvalue weighted by Gasteiger charge is -2.21. The fourth-order valence-electron chi connectivity index (χ4n) is 2.93. The van der Waals surface area contributed by atoms with Gasteiger partial charge in [0.2, 0.25) is 0 Å². The summed E-state index contributed by atoms with van der Waals surface area (Å²) in [5, 5.41) is 0.635. The van der Waals surface area contributed by atoms with Gasteiger partial charge in [0, 0.05) is 25.3 Å². The van der Waals surface area contributed by atoms with Crippen LogP contribution in [0, 0.1) is 0 Å². The molecule has 0 aliphatic rings. The minimum absolute atomic E-state index is 0.0735. The van der Waals surface area contributed by atoms with Crippen molar-refractivity contribution in [2.24, 2.45) is 0 Å². The Morgan fingerprint density at radius 3 is 2.48 bits per heavy atom. The Bertz CT molecular complexity index is 915. The van der Waals surface area contributed by atoms with E-state index in [0.29, 0.717) is 5.39 Å². The van der Waals surface area contributed by atoms with Crippen molar-refractivity contribution >= 4 is 16.6 Å². The molecular formula is C20H25N4O+. The number of anilines is 1. The second-order valence-electron chi connectivity index (χ2n) is 6.77. The summed E-state index contributed by atoms with van der Waals surface area (Å²) < 4.78 is 0. The van der Waals surface area contributed by atoms with Gasteiger partial charge in [-0.1, -0.05) is 24.3 Å². The monoisotopic (exact) mass is 337 g/mol. The van der Waals surface area contributed by atoms with Crippen LogP contribution in [0.3, 0.4) is 0 Å². The van der Waals surface area contributed by atoms with Gasteiger partial charge in [-0.2, -0.15) is 0 Å². The molecule has 130 valence electrons. The van der Waals surface area contributed by atoms with E-state index >= 15 is 0 Å². The van der Waals surface area contributed by atoms with Crippen molar-refractivity contribution < 1.29 is 4.90 Å². The number of H-pyrrole nitrogens is 1. The molecular weight excluding hydrogens is 312 g/mol. The summed E-state index contributed by atoms with van der Waals surface area (Å²) in [4.78, 5) is 23.2. The molecule has 0 amide bonds. The SMILES string of the molecule is C[C@@H](c1nc2ccccc2c(=O)[nH]1)[NH+](C)Cc1ccc(N(C)C)cc1. The number of rotatable bonds is 5. The van der Waals surface area contributed by atoms with Gasteiger partial charge in [-0.3, -0.25) is 4.79 Å². The van der Waals surface area contributed by atoms with Gasteiger partial charge in [-0.15, -0.1) is 0 Å². The second-order valence-corrected chi connectivity index (χ2v) is 6.77. The Balaban J connectivity index is 1.80. The molecule has 25 heavy (non-hydrogen) atoms. The first-order valence-corrected chi connectivity index (χ1v) is 8.53. The molecule has 3 rings (SSSR count). The molecule has 0 saturated heterocycles. The molecule has 2 N–H and O–H groups in total. The number of aromatic nitrogens is 2. The summed E-state index contributed by atoms with van der Waals surface area (Å²) >= 11 is 0. The third-order valence-corrected chi connectivity index (χ3v) is 4.72. The molecule has 0 bridgehead atoms. The molecule has 1 aromatic heterocycles. The van der Waals surface area contributed by atoms with Gasteiger partial charge in [0.25, 0.3) is 5.56 Å². The van der Waals surface area contributed by atoms with Crippen LogP contribution in [-0.2, 0) is 6.54 Å². The average Bonchev–Trinajstić information content (AvgIpc) is 2.61. The Labute approximate surface area is 147 Å². The van der Waals surface area contributed by atoms with Crippen molar-refractivity contribution in [3.05, 3.63) is 70.3 Å². The molecule has 5 nitrogen and oxygen atoms in total. The average molecular weight is 337 g/mol. The van der Waals surface area contributed by atoms with Gasteiger partial charge >= 0.3 is 0 Å². The Morgan fingerprint density at radius 2 is 1.80 bits per heavy atom. The van der Waals surface area contributed by atoms with Crippen LogP contribution in [0.1, 0.15) is 24.4 Å². The lowest BCUT2D eigenvalue weighted by Crippen LogP contribution is -3.07. The Hall–Kier alpha value is -2.66. The largest absolute Gasteiger partial charge is 0.378 e. The first kappa shape index (κ1) is 17.2. The van der Waals surface area contributed by atoms with E-state index < -0.39 is 0 Å². The summed E-state index contributed by atoms with van der Waals surface area (Å²) in [6.45, 7) is 2.96. The molecule has 0 aliphatic carbocycles. The molecule has 1 unspecified atom stereocenters. The van der Waals surface area contributed by atoms with Gasteiger partial charge in [-0.25, -0.2) is 4.98 Å². The quantitative estimate of drug-likeness (QED) is 0.746. The van der Waals surface area contributed by atoms with Crippen molar-refractivity contribution in [3.63, 3.8) is 0 Å². The van der Waals surface area contributed by atoms with Crippen LogP contribution in [0.25, 0.3) is 10.9 Å². The Kier molecular flexibility index (Phi) is 4.86. The molecule has 3 aromatic rings. The van der Waals surface area contributed by atoms with Gasteiger partial charge in [0.05, 0.1) is 18.0 Å². The smallest absolute Gasteiger partial charge is 0.258 e. The van der Waals surface area contributed by atoms with E-state index in [2.05, 4.69) is 53.1 Å². The first-order chi connectivity index (χ1) is 12.0. The highest BCUT2D eigenvalue weighted by Crippen LogP contribution is 2.12. The molecule has 0 saturated carbocycles. The number of hydrogen-bond donors (Lipinski definition) is 2. The lowest BCUT2D eigenvalue weighted by atomic mass is 10.1. The third-order valence-electron chi connectivity index (χ3n) is 4.72. The van der Waals surface area contributed by atoms with Crippen molar-refractivity contribution in [1.29, 1.82) is 0 Å². The first-order valence-electron chi connectivity index (χ1n) is 8.53. The molecule has 0 spiro atoms. The standard InChI is InChI=1S/C20H24N4O/c1-14(19-21-18-8-6-5-7-17(18)20(25)22-19)24(4)13-15-9-11-16(12-10-15)23(2)3/h5-12,14H,13H2,1-4H3,(H,21,22,25)/p+1/t14-/m0/s1. The molecule has 0 aliphatic heterocycles. The number of quaternary nitrogens is 1. The summed E-state index contributed by atoms with van der Waals surface area (Å²) in [5.74, 6) is 0.728. The number of nitrogens with one attached hydrogen (secondary N) is 2. The van der Waals surface area contributed by atoms with Crippen LogP contribution < -0.4 is 15.4 Å². The molecule has 5 heteroatoms. The number of para-hydroxylation sites is 1. The number of aromatic amines is 1. The number of benzene rings is 2. The van der Waals surface area contributed by atoms with E-state index in [0.717, 1.165) is 17.9 Å². The minimum atomic E-state index is -0.0735. The maximum Gasteiger partial charge on any atom is 0.258 e. The summed E-state index contributed by atoms with van der Waals surface area (Å²) in [5.41, 5.74) is 3.12. The zero-order chi connectivity index (χ0) is 18.0. The van der Waals surface area contributed by atoms with Crippen molar-refractivity contribution in [2.75, 3.05) is 26.0 Å². The number of nitrogens with zero attached hydrogens (tertiary/aromatic N) is 2. The topological polar surface area (TPSA) is 53.4 Å². The van der Waals surface area contributed by atoms with Crippen LogP contribution in [-0.4, -0.2) is 31.1 Å². The van der Waals surface area contributed by atoms with E-state index in [1.807, 2.05) is 32.3 Å². The van der Waals surface area contributed by atoms with Crippen LogP contribution >= 0.6 is 0 Å². The van der Waals surface area contributed by atoms with Gasteiger partial charge in [0.15, 0.2) is 5.82 Å². The Morgan fingerprint density at radius 1 is 1.12 bits per heavy atom. The molecule has 0 radical (unpaired) electrons. The number of fused-ring (bicyclic) bond motifs is 1. The lowest BCUT2D eigenvalue weighted by molar-refractivity contribution is -0.924. The van der Waals surface area contributed by atoms with E-state index in [-0.39, 0.29) is 11.6 Å². The highest BCUT2D eigenvalue weighted by atomic mass is 16.1. The zero-order valence-electron chi connectivity index (χ0n) is 15.2.